The minimum Gasteiger partial charge on any atom is -0.453 e. The predicted molar refractivity (Wildman–Crippen MR) is 151 cm³/mol. The number of benzene rings is 1. The largest absolute Gasteiger partial charge is 0.453 e. The Hall–Kier alpha value is -3.99. The summed E-state index contributed by atoms with van der Waals surface area (Å²) in [6.45, 7) is 3.94. The van der Waals surface area contributed by atoms with Crippen molar-refractivity contribution in [2.45, 2.75) is 44.6 Å². The number of nitrogens with two attached hydrogens (primary N) is 1. The van der Waals surface area contributed by atoms with Crippen molar-refractivity contribution in [1.82, 2.24) is 14.9 Å². The number of pyridine rings is 2. The molecule has 2 amide bonds. The average molecular weight is 551 g/mol. The number of methoxy groups -OCH3 is 1. The number of ether oxygens (including phenoxy) is 1. The van der Waals surface area contributed by atoms with E-state index in [4.69, 9.17) is 10.5 Å². The average Bonchev–Trinajstić information content (AvgIpc) is 3.18. The standard InChI is InChI=1S/C29H35FN6O4/c1-17-12-18(14-19(31)13-17)20-6-7-32-16-24(20)33-27(37)21-4-5-23(30)22-15-25(28(38)34-26(21)22)35-8-3-9-36(11-10-35)29(39)40-2/h4-7,15-19H,3,8-14,31H2,1-2H3,(H,33,37)(H,34,38)/t17-,18+,19-/m0/s1. The van der Waals surface area contributed by atoms with Gasteiger partial charge >= 0.3 is 6.09 Å². The Kier molecular flexibility index (Phi) is 8.02. The van der Waals surface area contributed by atoms with Crippen molar-refractivity contribution in [3.8, 4) is 0 Å². The molecule has 40 heavy (non-hydrogen) atoms. The second-order valence-electron chi connectivity index (χ2n) is 10.9. The van der Waals surface area contributed by atoms with Crippen LogP contribution in [0, 0.1) is 11.7 Å². The number of anilines is 2. The van der Waals surface area contributed by atoms with Gasteiger partial charge in [-0.3, -0.25) is 14.6 Å². The molecule has 1 saturated carbocycles. The van der Waals surface area contributed by atoms with E-state index in [1.54, 1.807) is 17.3 Å². The van der Waals surface area contributed by atoms with Crippen LogP contribution in [-0.2, 0) is 4.74 Å². The maximum absolute atomic E-state index is 15.0. The maximum Gasteiger partial charge on any atom is 0.409 e. The third-order valence-corrected chi connectivity index (χ3v) is 7.98. The van der Waals surface area contributed by atoms with E-state index in [-0.39, 0.29) is 34.1 Å². The van der Waals surface area contributed by atoms with Gasteiger partial charge in [0.25, 0.3) is 11.5 Å². The summed E-state index contributed by atoms with van der Waals surface area (Å²) in [6.07, 6.45) is 6.27. The van der Waals surface area contributed by atoms with Gasteiger partial charge in [0.2, 0.25) is 0 Å². The molecule has 2 aliphatic rings. The molecule has 10 nitrogen and oxygen atoms in total. The van der Waals surface area contributed by atoms with Crippen molar-refractivity contribution in [3.63, 3.8) is 0 Å². The summed E-state index contributed by atoms with van der Waals surface area (Å²) < 4.78 is 19.9. The van der Waals surface area contributed by atoms with E-state index in [0.717, 1.165) is 24.8 Å². The smallest absolute Gasteiger partial charge is 0.409 e. The van der Waals surface area contributed by atoms with Crippen LogP contribution in [-0.4, -0.2) is 66.2 Å². The molecule has 2 fully saturated rings. The Bertz CT molecular complexity index is 1470. The van der Waals surface area contributed by atoms with Crippen molar-refractivity contribution < 1.29 is 18.7 Å². The molecule has 2 aromatic heterocycles. The lowest BCUT2D eigenvalue weighted by Crippen LogP contribution is -2.36. The van der Waals surface area contributed by atoms with E-state index in [1.807, 2.05) is 11.0 Å². The van der Waals surface area contributed by atoms with Gasteiger partial charge in [-0.15, -0.1) is 0 Å². The van der Waals surface area contributed by atoms with Crippen molar-refractivity contribution >= 4 is 34.3 Å². The monoisotopic (exact) mass is 550 g/mol. The fraction of sp³-hybridized carbons (Fsp3) is 0.448. The summed E-state index contributed by atoms with van der Waals surface area (Å²) in [7, 11) is 1.33. The Morgan fingerprint density at radius 1 is 1.15 bits per heavy atom. The first-order valence-corrected chi connectivity index (χ1v) is 13.7. The molecule has 1 saturated heterocycles. The number of aromatic nitrogens is 2. The third kappa shape index (κ3) is 5.65. The predicted octanol–water partition coefficient (Wildman–Crippen LogP) is 3.82. The molecular formula is C29H35FN6O4. The van der Waals surface area contributed by atoms with Crippen LogP contribution in [0.15, 0.2) is 41.5 Å². The summed E-state index contributed by atoms with van der Waals surface area (Å²) in [6, 6.07) is 6.08. The van der Waals surface area contributed by atoms with Crippen LogP contribution < -0.4 is 21.5 Å². The number of carbonyl (C=O) groups is 2. The maximum atomic E-state index is 15.0. The number of nitrogens with zero attached hydrogens (tertiary/aromatic N) is 3. The van der Waals surface area contributed by atoms with E-state index >= 15 is 4.39 Å². The highest BCUT2D eigenvalue weighted by Gasteiger charge is 2.28. The number of carbonyl (C=O) groups excluding carboxylic acids is 2. The van der Waals surface area contributed by atoms with Gasteiger partial charge in [-0.1, -0.05) is 6.92 Å². The molecule has 0 spiro atoms. The van der Waals surface area contributed by atoms with Crippen molar-refractivity contribution in [3.05, 3.63) is 64.0 Å². The zero-order valence-electron chi connectivity index (χ0n) is 22.8. The molecule has 0 radical (unpaired) electrons. The normalized spacial score (nSPS) is 21.6. The van der Waals surface area contributed by atoms with Crippen LogP contribution >= 0.6 is 0 Å². The molecule has 1 aliphatic heterocycles. The number of aromatic amines is 1. The molecule has 0 bridgehead atoms. The second kappa shape index (κ2) is 11.6. The summed E-state index contributed by atoms with van der Waals surface area (Å²) in [4.78, 5) is 49.0. The molecule has 5 rings (SSSR count). The van der Waals surface area contributed by atoms with E-state index in [9.17, 15) is 14.4 Å². The highest BCUT2D eigenvalue weighted by Crippen LogP contribution is 2.38. The molecule has 3 atom stereocenters. The number of hydrogen-bond donors (Lipinski definition) is 3. The minimum absolute atomic E-state index is 0.0959. The van der Waals surface area contributed by atoms with Crippen LogP contribution in [0.3, 0.4) is 0 Å². The third-order valence-electron chi connectivity index (χ3n) is 7.98. The molecule has 3 heterocycles. The molecule has 1 aromatic carbocycles. The lowest BCUT2D eigenvalue weighted by molar-refractivity contribution is 0.102. The number of H-pyrrole nitrogens is 1. The number of halogens is 1. The van der Waals surface area contributed by atoms with Gasteiger partial charge in [-0.25, -0.2) is 9.18 Å². The van der Waals surface area contributed by atoms with E-state index < -0.39 is 23.4 Å². The number of amides is 2. The lowest BCUT2D eigenvalue weighted by Gasteiger charge is -2.32. The molecule has 3 aromatic rings. The molecule has 4 N–H and O–H groups in total. The van der Waals surface area contributed by atoms with Gasteiger partial charge in [-0.05, 0) is 67.3 Å². The molecular weight excluding hydrogens is 515 g/mol. The highest BCUT2D eigenvalue weighted by atomic mass is 19.1. The first-order valence-electron chi connectivity index (χ1n) is 13.7. The minimum atomic E-state index is -0.553. The van der Waals surface area contributed by atoms with Crippen LogP contribution in [0.5, 0.6) is 0 Å². The second-order valence-corrected chi connectivity index (χ2v) is 10.9. The van der Waals surface area contributed by atoms with Gasteiger partial charge in [0.1, 0.15) is 11.5 Å². The van der Waals surface area contributed by atoms with Crippen LogP contribution in [0.25, 0.3) is 10.9 Å². The number of nitrogens with one attached hydrogen (secondary N) is 2. The molecule has 0 unspecified atom stereocenters. The quantitative estimate of drug-likeness (QED) is 0.450. The van der Waals surface area contributed by atoms with Gasteiger partial charge in [0, 0.05) is 43.8 Å². The van der Waals surface area contributed by atoms with Crippen LogP contribution in [0.1, 0.15) is 54.4 Å². The van der Waals surface area contributed by atoms with E-state index in [2.05, 4.69) is 22.2 Å². The van der Waals surface area contributed by atoms with E-state index in [0.29, 0.717) is 44.2 Å². The van der Waals surface area contributed by atoms with Gasteiger partial charge in [0.15, 0.2) is 0 Å². The summed E-state index contributed by atoms with van der Waals surface area (Å²) in [5.74, 6) is -0.367. The Labute approximate surface area is 231 Å². The van der Waals surface area contributed by atoms with Crippen LogP contribution in [0.4, 0.5) is 20.6 Å². The van der Waals surface area contributed by atoms with Gasteiger partial charge < -0.3 is 30.6 Å². The SMILES string of the molecule is COC(=O)N1CCCN(c2cc3c(F)ccc(C(=O)Nc4cnccc4[C@@H]4C[C@H](C)C[C@H](N)C4)c3[nH]c2=O)CC1. The Balaban J connectivity index is 1.43. The van der Waals surface area contributed by atoms with Crippen LogP contribution in [0.2, 0.25) is 0 Å². The van der Waals surface area contributed by atoms with Gasteiger partial charge in [0.05, 0.1) is 30.1 Å². The highest BCUT2D eigenvalue weighted by molar-refractivity contribution is 6.12. The Morgan fingerprint density at radius 2 is 1.98 bits per heavy atom. The van der Waals surface area contributed by atoms with Crippen molar-refractivity contribution in [1.29, 1.82) is 0 Å². The zero-order valence-corrected chi connectivity index (χ0v) is 22.8. The summed E-state index contributed by atoms with van der Waals surface area (Å²) in [5, 5.41) is 3.08. The lowest BCUT2D eigenvalue weighted by atomic mass is 9.76. The first kappa shape index (κ1) is 27.6. The summed E-state index contributed by atoms with van der Waals surface area (Å²) >= 11 is 0. The summed E-state index contributed by atoms with van der Waals surface area (Å²) in [5.41, 5.74) is 7.95. The number of fused-ring (bicyclic) bond motifs is 1. The zero-order chi connectivity index (χ0) is 28.4. The Morgan fingerprint density at radius 3 is 2.75 bits per heavy atom. The molecule has 1 aliphatic carbocycles. The number of hydrogen-bond acceptors (Lipinski definition) is 7. The van der Waals surface area contributed by atoms with Crippen molar-refractivity contribution in [2.75, 3.05) is 43.5 Å². The first-order chi connectivity index (χ1) is 19.2. The fourth-order valence-electron chi connectivity index (χ4n) is 6.11. The molecule has 11 heteroatoms. The van der Waals surface area contributed by atoms with Crippen molar-refractivity contribution in [2.24, 2.45) is 11.7 Å². The molecule has 212 valence electrons. The van der Waals surface area contributed by atoms with E-state index in [1.165, 1.54) is 25.3 Å². The topological polar surface area (TPSA) is 134 Å². The fourth-order valence-corrected chi connectivity index (χ4v) is 6.11. The van der Waals surface area contributed by atoms with Gasteiger partial charge in [-0.2, -0.15) is 0 Å². The number of rotatable bonds is 4.